The molecule has 0 saturated carbocycles. The molecule has 0 atom stereocenters. The highest BCUT2D eigenvalue weighted by Gasteiger charge is 2.16. The lowest BCUT2D eigenvalue weighted by Crippen LogP contribution is -2.12. The fourth-order valence-corrected chi connectivity index (χ4v) is 2.37. The Balaban J connectivity index is 2.23. The van der Waals surface area contributed by atoms with Gasteiger partial charge < -0.3 is 4.74 Å². The van der Waals surface area contributed by atoms with Gasteiger partial charge in [-0.05, 0) is 18.6 Å². The van der Waals surface area contributed by atoms with Crippen LogP contribution in [0.3, 0.4) is 0 Å². The first-order chi connectivity index (χ1) is 8.87. The number of esters is 1. The minimum atomic E-state index is -0.292. The van der Waals surface area contributed by atoms with Gasteiger partial charge in [0.25, 0.3) is 0 Å². The molecule has 0 aliphatic rings. The number of hydrogen-bond acceptors (Lipinski definition) is 4. The smallest absolute Gasteiger partial charge is 0.311 e. The van der Waals surface area contributed by atoms with Gasteiger partial charge in [-0.2, -0.15) is 0 Å². The van der Waals surface area contributed by atoms with E-state index in [-0.39, 0.29) is 22.3 Å². The summed E-state index contributed by atoms with van der Waals surface area (Å²) in [5.41, 5.74) is 0. The first kappa shape index (κ1) is 15.8. The van der Waals surface area contributed by atoms with Gasteiger partial charge >= 0.3 is 5.97 Å². The summed E-state index contributed by atoms with van der Waals surface area (Å²) in [6.45, 7) is 6.00. The van der Waals surface area contributed by atoms with E-state index in [4.69, 9.17) is 4.74 Å². The zero-order chi connectivity index (χ0) is 14.3. The number of benzene rings is 1. The van der Waals surface area contributed by atoms with Crippen molar-refractivity contribution in [2.75, 3.05) is 0 Å². The Kier molecular flexibility index (Phi) is 6.09. The Hall–Kier alpha value is -1.29. The van der Waals surface area contributed by atoms with Crippen molar-refractivity contribution in [2.24, 2.45) is 0 Å². The summed E-state index contributed by atoms with van der Waals surface area (Å²) >= 11 is 1.32. The van der Waals surface area contributed by atoms with E-state index in [0.29, 0.717) is 18.6 Å². The quantitative estimate of drug-likeness (QED) is 0.607. The van der Waals surface area contributed by atoms with Crippen LogP contribution in [0.1, 0.15) is 40.0 Å². The fraction of sp³-hybridized carbons (Fsp3) is 0.467. The molecule has 3 nitrogen and oxygen atoms in total. The van der Waals surface area contributed by atoms with Gasteiger partial charge in [-0.15, -0.1) is 0 Å². The van der Waals surface area contributed by atoms with E-state index < -0.39 is 0 Å². The number of ether oxygens (including phenoxy) is 1. The van der Waals surface area contributed by atoms with E-state index in [2.05, 4.69) is 0 Å². The third-order valence-electron chi connectivity index (χ3n) is 2.16. The molecule has 0 aliphatic heterocycles. The number of rotatable bonds is 5. The van der Waals surface area contributed by atoms with Gasteiger partial charge in [-0.1, -0.05) is 50.7 Å². The van der Waals surface area contributed by atoms with Crippen molar-refractivity contribution in [3.63, 3.8) is 0 Å². The van der Waals surface area contributed by atoms with Gasteiger partial charge in [0.15, 0.2) is 5.12 Å². The molecule has 0 fully saturated rings. The van der Waals surface area contributed by atoms with E-state index in [1.54, 1.807) is 12.1 Å². The van der Waals surface area contributed by atoms with Crippen molar-refractivity contribution in [3.05, 3.63) is 30.3 Å². The van der Waals surface area contributed by atoms with Crippen LogP contribution in [0.25, 0.3) is 0 Å². The van der Waals surface area contributed by atoms with E-state index in [1.807, 2.05) is 39.0 Å². The van der Waals surface area contributed by atoms with Gasteiger partial charge in [-0.25, -0.2) is 0 Å². The second-order valence-corrected chi connectivity index (χ2v) is 7.11. The Bertz CT molecular complexity index is 421. The van der Waals surface area contributed by atoms with Crippen LogP contribution in [0.2, 0.25) is 0 Å². The lowest BCUT2D eigenvalue weighted by atomic mass is 10.2. The Morgan fingerprint density at radius 2 is 1.74 bits per heavy atom. The van der Waals surface area contributed by atoms with Crippen molar-refractivity contribution < 1.29 is 14.3 Å². The van der Waals surface area contributed by atoms with Crippen LogP contribution in [0, 0.1) is 0 Å². The first-order valence-corrected chi connectivity index (χ1v) is 7.16. The zero-order valence-electron chi connectivity index (χ0n) is 11.6. The summed E-state index contributed by atoms with van der Waals surface area (Å²) in [7, 11) is 0. The molecule has 0 aliphatic carbocycles. The Labute approximate surface area is 118 Å². The molecule has 0 unspecified atom stereocenters. The number of carbonyl (C=O) groups is 2. The van der Waals surface area contributed by atoms with Crippen LogP contribution in [-0.4, -0.2) is 15.8 Å². The maximum absolute atomic E-state index is 11.6. The maximum atomic E-state index is 11.6. The van der Waals surface area contributed by atoms with E-state index in [0.717, 1.165) is 0 Å². The summed E-state index contributed by atoms with van der Waals surface area (Å²) in [6.07, 6.45) is 1.21. The first-order valence-electron chi connectivity index (χ1n) is 6.34. The molecule has 19 heavy (non-hydrogen) atoms. The van der Waals surface area contributed by atoms with Crippen LogP contribution in [-0.2, 0) is 9.59 Å². The predicted octanol–water partition coefficient (Wildman–Crippen LogP) is 3.82. The molecule has 0 saturated heterocycles. The zero-order valence-corrected chi connectivity index (χ0v) is 12.5. The SMILES string of the molecule is CC(C)(C)SC(=O)CCCC(=O)Oc1ccccc1. The molecule has 1 aromatic carbocycles. The minimum absolute atomic E-state index is 0.0678. The second-order valence-electron chi connectivity index (χ2n) is 5.23. The molecule has 1 aromatic rings. The maximum Gasteiger partial charge on any atom is 0.311 e. The third kappa shape index (κ3) is 7.67. The highest BCUT2D eigenvalue weighted by molar-refractivity contribution is 8.14. The van der Waals surface area contributed by atoms with Crippen molar-refractivity contribution in [1.82, 2.24) is 0 Å². The monoisotopic (exact) mass is 280 g/mol. The van der Waals surface area contributed by atoms with Crippen LogP contribution in [0.4, 0.5) is 0 Å². The van der Waals surface area contributed by atoms with Crippen molar-refractivity contribution in [3.8, 4) is 5.75 Å². The lowest BCUT2D eigenvalue weighted by Gasteiger charge is -2.15. The topological polar surface area (TPSA) is 43.4 Å². The van der Waals surface area contributed by atoms with E-state index in [1.165, 1.54) is 11.8 Å². The predicted molar refractivity (Wildman–Crippen MR) is 78.3 cm³/mol. The normalized spacial score (nSPS) is 11.1. The van der Waals surface area contributed by atoms with Gasteiger partial charge in [0.1, 0.15) is 5.75 Å². The highest BCUT2D eigenvalue weighted by Crippen LogP contribution is 2.25. The van der Waals surface area contributed by atoms with Gasteiger partial charge in [0, 0.05) is 17.6 Å². The van der Waals surface area contributed by atoms with Crippen molar-refractivity contribution in [2.45, 2.75) is 44.8 Å². The van der Waals surface area contributed by atoms with Gasteiger partial charge in [0.05, 0.1) is 0 Å². The van der Waals surface area contributed by atoms with Crippen LogP contribution < -0.4 is 4.74 Å². The summed E-state index contributed by atoms with van der Waals surface area (Å²) in [4.78, 5) is 23.1. The number of carbonyl (C=O) groups excluding carboxylic acids is 2. The van der Waals surface area contributed by atoms with Crippen LogP contribution in [0.5, 0.6) is 5.75 Å². The fourth-order valence-electron chi connectivity index (χ4n) is 1.44. The summed E-state index contributed by atoms with van der Waals surface area (Å²) in [5.74, 6) is 0.252. The summed E-state index contributed by atoms with van der Waals surface area (Å²) in [6, 6.07) is 8.95. The average molecular weight is 280 g/mol. The molecule has 1 rings (SSSR count). The number of para-hydroxylation sites is 1. The molecular weight excluding hydrogens is 260 g/mol. The Morgan fingerprint density at radius 1 is 1.11 bits per heavy atom. The molecule has 4 heteroatoms. The molecule has 0 spiro atoms. The molecule has 0 heterocycles. The third-order valence-corrected chi connectivity index (χ3v) is 3.20. The van der Waals surface area contributed by atoms with E-state index >= 15 is 0 Å². The second kappa shape index (κ2) is 7.34. The summed E-state index contributed by atoms with van der Waals surface area (Å²) in [5, 5.41) is 0.125. The van der Waals surface area contributed by atoms with Gasteiger partial charge in [0.2, 0.25) is 0 Å². The molecule has 0 bridgehead atoms. The lowest BCUT2D eigenvalue weighted by molar-refractivity contribution is -0.134. The van der Waals surface area contributed by atoms with Crippen molar-refractivity contribution >= 4 is 22.8 Å². The summed E-state index contributed by atoms with van der Waals surface area (Å²) < 4.78 is 5.07. The van der Waals surface area contributed by atoms with Crippen LogP contribution in [0.15, 0.2) is 30.3 Å². The Morgan fingerprint density at radius 3 is 2.32 bits per heavy atom. The van der Waals surface area contributed by atoms with E-state index in [9.17, 15) is 9.59 Å². The minimum Gasteiger partial charge on any atom is -0.427 e. The standard InChI is InChI=1S/C15H20O3S/c1-15(2,3)19-14(17)11-7-10-13(16)18-12-8-5-4-6-9-12/h4-6,8-9H,7,10-11H2,1-3H3. The molecule has 0 aromatic heterocycles. The molecular formula is C15H20O3S. The number of hydrogen-bond donors (Lipinski definition) is 0. The molecule has 0 N–H and O–H groups in total. The molecule has 104 valence electrons. The molecule has 0 amide bonds. The largest absolute Gasteiger partial charge is 0.427 e. The number of thioether (sulfide) groups is 1. The van der Waals surface area contributed by atoms with Crippen molar-refractivity contribution in [1.29, 1.82) is 0 Å². The van der Waals surface area contributed by atoms with Gasteiger partial charge in [-0.3, -0.25) is 9.59 Å². The van der Waals surface area contributed by atoms with Crippen LogP contribution >= 0.6 is 11.8 Å². The highest BCUT2D eigenvalue weighted by atomic mass is 32.2. The molecule has 0 radical (unpaired) electrons. The average Bonchev–Trinajstić information content (AvgIpc) is 2.27.